The number of hydrogen-bond acceptors (Lipinski definition) is 3. The van der Waals surface area contributed by atoms with Gasteiger partial charge in [0.05, 0.1) is 0 Å². The number of hydrogen-bond donors (Lipinski definition) is 3. The summed E-state index contributed by atoms with van der Waals surface area (Å²) in [6.07, 6.45) is 0.722. The van der Waals surface area contributed by atoms with E-state index in [1.807, 2.05) is 19.2 Å². The Morgan fingerprint density at radius 1 is 1.25 bits per heavy atom. The maximum absolute atomic E-state index is 12.3. The number of amides is 1. The van der Waals surface area contributed by atoms with Crippen LogP contribution < -0.4 is 10.6 Å². The summed E-state index contributed by atoms with van der Waals surface area (Å²) in [6.45, 7) is 4.30. The van der Waals surface area contributed by atoms with Crippen molar-refractivity contribution in [2.75, 3.05) is 13.6 Å². The molecule has 0 fully saturated rings. The predicted molar refractivity (Wildman–Crippen MR) is 77.8 cm³/mol. The van der Waals surface area contributed by atoms with E-state index in [2.05, 4.69) is 10.6 Å². The smallest absolute Gasteiger partial charge is 0.326 e. The summed E-state index contributed by atoms with van der Waals surface area (Å²) in [6, 6.07) is 6.39. The number of carboxylic acids is 1. The van der Waals surface area contributed by atoms with Crippen molar-refractivity contribution in [2.24, 2.45) is 5.92 Å². The standard InChI is InChI=1S/C15H22N2O3/c1-10(2)13(15(19)20)17-14(18)12-7-5-4-6-11(12)8-9-16-3/h4-7,10,13,16H,8-9H2,1-3H3,(H,17,18)(H,19,20)/t13-/m0/s1. The summed E-state index contributed by atoms with van der Waals surface area (Å²) >= 11 is 0. The lowest BCUT2D eigenvalue weighted by atomic mass is 10.0. The minimum atomic E-state index is -1.01. The number of benzene rings is 1. The zero-order valence-corrected chi connectivity index (χ0v) is 12.1. The van der Waals surface area contributed by atoms with Gasteiger partial charge in [-0.2, -0.15) is 0 Å². The van der Waals surface area contributed by atoms with Crippen LogP contribution in [0.1, 0.15) is 29.8 Å². The van der Waals surface area contributed by atoms with Gasteiger partial charge in [0.15, 0.2) is 0 Å². The number of likely N-dealkylation sites (N-methyl/N-ethyl adjacent to an activating group) is 1. The molecule has 5 nitrogen and oxygen atoms in total. The zero-order valence-electron chi connectivity index (χ0n) is 12.1. The molecule has 5 heteroatoms. The van der Waals surface area contributed by atoms with E-state index >= 15 is 0 Å². The fraction of sp³-hybridized carbons (Fsp3) is 0.467. The molecule has 3 N–H and O–H groups in total. The highest BCUT2D eigenvalue weighted by molar-refractivity contribution is 5.97. The number of rotatable bonds is 7. The molecule has 1 amide bonds. The molecule has 0 aliphatic heterocycles. The Bertz CT molecular complexity index is 472. The van der Waals surface area contributed by atoms with Crippen molar-refractivity contribution >= 4 is 11.9 Å². The maximum Gasteiger partial charge on any atom is 0.326 e. The van der Waals surface area contributed by atoms with Crippen LogP contribution in [-0.4, -0.2) is 36.6 Å². The van der Waals surface area contributed by atoms with Crippen LogP contribution in [0.5, 0.6) is 0 Å². The molecule has 1 atom stereocenters. The Labute approximate surface area is 119 Å². The molecule has 0 bridgehead atoms. The first-order valence-corrected chi connectivity index (χ1v) is 6.73. The molecular formula is C15H22N2O3. The lowest BCUT2D eigenvalue weighted by Gasteiger charge is -2.19. The molecular weight excluding hydrogens is 256 g/mol. The molecule has 0 aromatic heterocycles. The Morgan fingerprint density at radius 2 is 1.90 bits per heavy atom. The van der Waals surface area contributed by atoms with E-state index in [-0.39, 0.29) is 11.8 Å². The van der Waals surface area contributed by atoms with Crippen LogP contribution >= 0.6 is 0 Å². The van der Waals surface area contributed by atoms with E-state index < -0.39 is 12.0 Å². The maximum atomic E-state index is 12.3. The fourth-order valence-corrected chi connectivity index (χ4v) is 1.95. The van der Waals surface area contributed by atoms with E-state index in [1.54, 1.807) is 26.0 Å². The van der Waals surface area contributed by atoms with Gasteiger partial charge >= 0.3 is 5.97 Å². The molecule has 0 radical (unpaired) electrons. The Hall–Kier alpha value is -1.88. The van der Waals surface area contributed by atoms with Crippen molar-refractivity contribution in [3.05, 3.63) is 35.4 Å². The van der Waals surface area contributed by atoms with Crippen LogP contribution in [0, 0.1) is 5.92 Å². The van der Waals surface area contributed by atoms with Crippen molar-refractivity contribution in [3.63, 3.8) is 0 Å². The summed E-state index contributed by atoms with van der Waals surface area (Å²) in [5, 5.41) is 14.7. The zero-order chi connectivity index (χ0) is 15.1. The highest BCUT2D eigenvalue weighted by Gasteiger charge is 2.24. The number of carbonyl (C=O) groups is 2. The van der Waals surface area contributed by atoms with Gasteiger partial charge < -0.3 is 15.7 Å². The van der Waals surface area contributed by atoms with Crippen molar-refractivity contribution in [1.29, 1.82) is 0 Å². The minimum absolute atomic E-state index is 0.166. The predicted octanol–water partition coefficient (Wildman–Crippen LogP) is 1.29. The van der Waals surface area contributed by atoms with E-state index in [9.17, 15) is 9.59 Å². The second-order valence-corrected chi connectivity index (χ2v) is 5.04. The van der Waals surface area contributed by atoms with E-state index in [0.29, 0.717) is 5.56 Å². The van der Waals surface area contributed by atoms with Crippen LogP contribution in [0.2, 0.25) is 0 Å². The molecule has 0 saturated carbocycles. The Balaban J connectivity index is 2.88. The first-order chi connectivity index (χ1) is 9.47. The van der Waals surface area contributed by atoms with Crippen LogP contribution in [0.15, 0.2) is 24.3 Å². The summed E-state index contributed by atoms with van der Waals surface area (Å²) in [4.78, 5) is 23.4. The van der Waals surface area contributed by atoms with E-state index in [1.165, 1.54) is 0 Å². The number of aliphatic carboxylic acids is 1. The Morgan fingerprint density at radius 3 is 2.45 bits per heavy atom. The van der Waals surface area contributed by atoms with Crippen LogP contribution in [0.3, 0.4) is 0 Å². The molecule has 0 saturated heterocycles. The number of carbonyl (C=O) groups excluding carboxylic acids is 1. The van der Waals surface area contributed by atoms with Gasteiger partial charge in [0.2, 0.25) is 0 Å². The minimum Gasteiger partial charge on any atom is -0.480 e. The quantitative estimate of drug-likeness (QED) is 0.702. The molecule has 0 unspecified atom stereocenters. The van der Waals surface area contributed by atoms with Gasteiger partial charge in [-0.25, -0.2) is 4.79 Å². The van der Waals surface area contributed by atoms with Gasteiger partial charge in [-0.15, -0.1) is 0 Å². The molecule has 1 rings (SSSR count). The SMILES string of the molecule is CNCCc1ccccc1C(=O)N[C@H](C(=O)O)C(C)C. The Kier molecular flexibility index (Phi) is 6.18. The molecule has 110 valence electrons. The second-order valence-electron chi connectivity index (χ2n) is 5.04. The lowest BCUT2D eigenvalue weighted by Crippen LogP contribution is -2.44. The van der Waals surface area contributed by atoms with Gasteiger partial charge in [-0.1, -0.05) is 32.0 Å². The first-order valence-electron chi connectivity index (χ1n) is 6.73. The van der Waals surface area contributed by atoms with Crippen LogP contribution in [-0.2, 0) is 11.2 Å². The molecule has 0 aliphatic rings. The fourth-order valence-electron chi connectivity index (χ4n) is 1.95. The van der Waals surface area contributed by atoms with Gasteiger partial charge in [0, 0.05) is 5.56 Å². The summed E-state index contributed by atoms with van der Waals surface area (Å²) < 4.78 is 0. The van der Waals surface area contributed by atoms with Crippen molar-refractivity contribution in [2.45, 2.75) is 26.3 Å². The molecule has 0 spiro atoms. The second kappa shape index (κ2) is 7.65. The van der Waals surface area contributed by atoms with Gasteiger partial charge in [0.25, 0.3) is 5.91 Å². The number of nitrogens with one attached hydrogen (secondary N) is 2. The van der Waals surface area contributed by atoms with Gasteiger partial charge in [0.1, 0.15) is 6.04 Å². The molecule has 1 aromatic carbocycles. The molecule has 20 heavy (non-hydrogen) atoms. The van der Waals surface area contributed by atoms with Gasteiger partial charge in [-0.3, -0.25) is 4.79 Å². The normalized spacial score (nSPS) is 12.2. The molecule has 1 aromatic rings. The summed E-state index contributed by atoms with van der Waals surface area (Å²) in [5.41, 5.74) is 1.45. The average molecular weight is 278 g/mol. The summed E-state index contributed by atoms with van der Waals surface area (Å²) in [7, 11) is 1.85. The van der Waals surface area contributed by atoms with Crippen LogP contribution in [0.4, 0.5) is 0 Å². The van der Waals surface area contributed by atoms with Crippen molar-refractivity contribution < 1.29 is 14.7 Å². The highest BCUT2D eigenvalue weighted by Crippen LogP contribution is 2.11. The van der Waals surface area contributed by atoms with E-state index in [4.69, 9.17) is 5.11 Å². The van der Waals surface area contributed by atoms with E-state index in [0.717, 1.165) is 18.5 Å². The lowest BCUT2D eigenvalue weighted by molar-refractivity contribution is -0.140. The average Bonchev–Trinajstić information content (AvgIpc) is 2.41. The van der Waals surface area contributed by atoms with Crippen LogP contribution in [0.25, 0.3) is 0 Å². The van der Waals surface area contributed by atoms with Gasteiger partial charge in [-0.05, 0) is 37.6 Å². The third kappa shape index (κ3) is 4.35. The van der Waals surface area contributed by atoms with Crippen molar-refractivity contribution in [3.8, 4) is 0 Å². The largest absolute Gasteiger partial charge is 0.480 e. The third-order valence-electron chi connectivity index (χ3n) is 3.13. The first kappa shape index (κ1) is 16.2. The molecule has 0 aliphatic carbocycles. The third-order valence-corrected chi connectivity index (χ3v) is 3.13. The highest BCUT2D eigenvalue weighted by atomic mass is 16.4. The summed E-state index contributed by atoms with van der Waals surface area (Å²) in [5.74, 6) is -1.51. The number of carboxylic acid groups (broad SMARTS) is 1. The molecule has 0 heterocycles. The van der Waals surface area contributed by atoms with Crippen molar-refractivity contribution in [1.82, 2.24) is 10.6 Å². The topological polar surface area (TPSA) is 78.4 Å². The monoisotopic (exact) mass is 278 g/mol.